The molecule has 0 spiro atoms. The van der Waals surface area contributed by atoms with Gasteiger partial charge in [0.15, 0.2) is 0 Å². The summed E-state index contributed by atoms with van der Waals surface area (Å²) in [6.07, 6.45) is 5.18. The lowest BCUT2D eigenvalue weighted by Gasteiger charge is -2.36. The summed E-state index contributed by atoms with van der Waals surface area (Å²) in [7, 11) is 0. The lowest BCUT2D eigenvalue weighted by Crippen LogP contribution is -2.44. The highest BCUT2D eigenvalue weighted by atomic mass is 32.1. The van der Waals surface area contributed by atoms with E-state index in [0.717, 1.165) is 52.1 Å². The normalized spacial score (nSPS) is 19.0. The molecule has 0 bridgehead atoms. The zero-order chi connectivity index (χ0) is 12.8. The lowest BCUT2D eigenvalue weighted by molar-refractivity contribution is 0.0191. The Hall–Kier alpha value is -0.490. The van der Waals surface area contributed by atoms with Gasteiger partial charge in [-0.1, -0.05) is 6.92 Å². The predicted octanol–water partition coefficient (Wildman–Crippen LogP) is 1.55. The van der Waals surface area contributed by atoms with Crippen LogP contribution in [0.1, 0.15) is 29.7 Å². The molecule has 0 radical (unpaired) electrons. The summed E-state index contributed by atoms with van der Waals surface area (Å²) in [5.41, 5.74) is 6.16. The van der Waals surface area contributed by atoms with Crippen LogP contribution in [0.25, 0.3) is 0 Å². The number of ether oxygens (including phenoxy) is 1. The molecule has 1 aliphatic heterocycles. The fourth-order valence-electron chi connectivity index (χ4n) is 2.29. The zero-order valence-corrected chi connectivity index (χ0v) is 11.9. The molecule has 1 aliphatic rings. The van der Waals surface area contributed by atoms with Crippen LogP contribution in [0.4, 0.5) is 0 Å². The SMILES string of the molecule is CCc1cnc(CNCC2(CN)CCOCC2)s1. The fraction of sp³-hybridized carbons (Fsp3) is 0.769. The van der Waals surface area contributed by atoms with Gasteiger partial charge in [-0.3, -0.25) is 0 Å². The molecule has 1 aromatic rings. The average Bonchev–Trinajstić information content (AvgIpc) is 2.88. The summed E-state index contributed by atoms with van der Waals surface area (Å²) in [6, 6.07) is 0. The van der Waals surface area contributed by atoms with Crippen LogP contribution in [-0.2, 0) is 17.7 Å². The number of thiazole rings is 1. The summed E-state index contributed by atoms with van der Waals surface area (Å²) in [4.78, 5) is 5.77. The van der Waals surface area contributed by atoms with E-state index in [1.807, 2.05) is 6.20 Å². The summed E-state index contributed by atoms with van der Waals surface area (Å²) in [5, 5.41) is 4.69. The molecule has 0 aliphatic carbocycles. The van der Waals surface area contributed by atoms with Crippen molar-refractivity contribution >= 4 is 11.3 Å². The average molecular weight is 269 g/mol. The van der Waals surface area contributed by atoms with Crippen LogP contribution >= 0.6 is 11.3 Å². The van der Waals surface area contributed by atoms with E-state index in [4.69, 9.17) is 10.5 Å². The molecule has 2 heterocycles. The topological polar surface area (TPSA) is 60.2 Å². The predicted molar refractivity (Wildman–Crippen MR) is 74.7 cm³/mol. The van der Waals surface area contributed by atoms with Crippen LogP contribution in [-0.4, -0.2) is 31.3 Å². The van der Waals surface area contributed by atoms with Gasteiger partial charge in [0.05, 0.1) is 0 Å². The van der Waals surface area contributed by atoms with E-state index in [1.54, 1.807) is 11.3 Å². The molecular formula is C13H23N3OS. The number of hydrogen-bond donors (Lipinski definition) is 2. The number of nitrogens with two attached hydrogens (primary N) is 1. The summed E-state index contributed by atoms with van der Waals surface area (Å²) in [6.45, 7) is 6.41. The molecule has 0 atom stereocenters. The highest BCUT2D eigenvalue weighted by Gasteiger charge is 2.30. The van der Waals surface area contributed by atoms with E-state index in [1.165, 1.54) is 9.88 Å². The van der Waals surface area contributed by atoms with E-state index < -0.39 is 0 Å². The molecule has 2 rings (SSSR count). The van der Waals surface area contributed by atoms with Crippen LogP contribution in [0.5, 0.6) is 0 Å². The number of nitrogens with zero attached hydrogens (tertiary/aromatic N) is 1. The molecular weight excluding hydrogens is 246 g/mol. The third-order valence-electron chi connectivity index (χ3n) is 3.71. The molecule has 3 N–H and O–H groups in total. The minimum atomic E-state index is 0.225. The first kappa shape index (κ1) is 13.9. The standard InChI is InChI=1S/C13H23N3OS/c1-2-11-7-16-12(18-11)8-15-10-13(9-14)3-5-17-6-4-13/h7,15H,2-6,8-10,14H2,1H3. The van der Waals surface area contributed by atoms with Gasteiger partial charge in [0.25, 0.3) is 0 Å². The van der Waals surface area contributed by atoms with Gasteiger partial charge in [0, 0.05) is 37.4 Å². The monoisotopic (exact) mass is 269 g/mol. The molecule has 1 saturated heterocycles. The van der Waals surface area contributed by atoms with Crippen molar-refractivity contribution in [1.82, 2.24) is 10.3 Å². The second-order valence-electron chi connectivity index (χ2n) is 4.99. The van der Waals surface area contributed by atoms with E-state index >= 15 is 0 Å². The van der Waals surface area contributed by atoms with E-state index in [2.05, 4.69) is 17.2 Å². The number of aryl methyl sites for hydroxylation is 1. The van der Waals surface area contributed by atoms with Crippen molar-refractivity contribution in [2.24, 2.45) is 11.1 Å². The van der Waals surface area contributed by atoms with Crippen molar-refractivity contribution in [3.05, 3.63) is 16.1 Å². The summed E-state index contributed by atoms with van der Waals surface area (Å²) < 4.78 is 5.42. The van der Waals surface area contributed by atoms with Gasteiger partial charge in [-0.05, 0) is 31.2 Å². The van der Waals surface area contributed by atoms with Crippen molar-refractivity contribution < 1.29 is 4.74 Å². The second kappa shape index (κ2) is 6.61. The van der Waals surface area contributed by atoms with E-state index in [9.17, 15) is 0 Å². The van der Waals surface area contributed by atoms with Gasteiger partial charge in [0.2, 0.25) is 0 Å². The van der Waals surface area contributed by atoms with Crippen LogP contribution < -0.4 is 11.1 Å². The molecule has 0 saturated carbocycles. The van der Waals surface area contributed by atoms with Gasteiger partial charge < -0.3 is 15.8 Å². The van der Waals surface area contributed by atoms with E-state index in [-0.39, 0.29) is 5.41 Å². The third kappa shape index (κ3) is 3.51. The number of rotatable bonds is 6. The quantitative estimate of drug-likeness (QED) is 0.822. The maximum absolute atomic E-state index is 5.93. The minimum absolute atomic E-state index is 0.225. The first-order chi connectivity index (χ1) is 8.78. The lowest BCUT2D eigenvalue weighted by atomic mass is 9.80. The van der Waals surface area contributed by atoms with Crippen LogP contribution in [0.15, 0.2) is 6.20 Å². The second-order valence-corrected chi connectivity index (χ2v) is 6.19. The Morgan fingerprint density at radius 3 is 2.89 bits per heavy atom. The van der Waals surface area contributed by atoms with Crippen LogP contribution in [0.2, 0.25) is 0 Å². The largest absolute Gasteiger partial charge is 0.381 e. The van der Waals surface area contributed by atoms with Gasteiger partial charge >= 0.3 is 0 Å². The fourth-order valence-corrected chi connectivity index (χ4v) is 3.12. The van der Waals surface area contributed by atoms with Crippen LogP contribution in [0.3, 0.4) is 0 Å². The molecule has 0 unspecified atom stereocenters. The highest BCUT2D eigenvalue weighted by molar-refractivity contribution is 7.11. The maximum Gasteiger partial charge on any atom is 0.107 e. The Kier molecular flexibility index (Phi) is 5.12. The Morgan fingerprint density at radius 1 is 1.50 bits per heavy atom. The van der Waals surface area contributed by atoms with Crippen molar-refractivity contribution in [3.63, 3.8) is 0 Å². The molecule has 0 aromatic carbocycles. The number of hydrogen-bond acceptors (Lipinski definition) is 5. The molecule has 4 nitrogen and oxygen atoms in total. The van der Waals surface area contributed by atoms with Crippen molar-refractivity contribution in [2.75, 3.05) is 26.3 Å². The van der Waals surface area contributed by atoms with Gasteiger partial charge in [0.1, 0.15) is 5.01 Å². The summed E-state index contributed by atoms with van der Waals surface area (Å²) in [5.74, 6) is 0. The Labute approximate surface area is 113 Å². The molecule has 1 aromatic heterocycles. The summed E-state index contributed by atoms with van der Waals surface area (Å²) >= 11 is 1.80. The zero-order valence-electron chi connectivity index (χ0n) is 11.1. The van der Waals surface area contributed by atoms with Gasteiger partial charge in [-0.25, -0.2) is 4.98 Å². The Morgan fingerprint density at radius 2 is 2.28 bits per heavy atom. The smallest absolute Gasteiger partial charge is 0.107 e. The molecule has 102 valence electrons. The number of aromatic nitrogens is 1. The van der Waals surface area contributed by atoms with Gasteiger partial charge in [-0.2, -0.15) is 0 Å². The van der Waals surface area contributed by atoms with Crippen LogP contribution in [0, 0.1) is 5.41 Å². The van der Waals surface area contributed by atoms with Crippen molar-refractivity contribution in [3.8, 4) is 0 Å². The van der Waals surface area contributed by atoms with Crippen molar-refractivity contribution in [2.45, 2.75) is 32.7 Å². The van der Waals surface area contributed by atoms with E-state index in [0.29, 0.717) is 0 Å². The molecule has 18 heavy (non-hydrogen) atoms. The Balaban J connectivity index is 1.79. The molecule has 0 amide bonds. The molecule has 5 heteroatoms. The maximum atomic E-state index is 5.93. The van der Waals surface area contributed by atoms with Crippen molar-refractivity contribution in [1.29, 1.82) is 0 Å². The third-order valence-corrected chi connectivity index (χ3v) is 4.85. The Bertz CT molecular complexity index is 361. The first-order valence-electron chi connectivity index (χ1n) is 6.70. The minimum Gasteiger partial charge on any atom is -0.381 e. The first-order valence-corrected chi connectivity index (χ1v) is 7.52. The molecule has 1 fully saturated rings. The highest BCUT2D eigenvalue weighted by Crippen LogP contribution is 2.28. The van der Waals surface area contributed by atoms with Gasteiger partial charge in [-0.15, -0.1) is 11.3 Å². The number of nitrogens with one attached hydrogen (secondary N) is 1.